The summed E-state index contributed by atoms with van der Waals surface area (Å²) in [5, 5.41) is 8.49. The van der Waals surface area contributed by atoms with Gasteiger partial charge in [0.2, 0.25) is 0 Å². The number of benzene rings is 1. The lowest BCUT2D eigenvalue weighted by Crippen LogP contribution is -2.04. The van der Waals surface area contributed by atoms with Gasteiger partial charge in [-0.05, 0) is 24.1 Å². The number of aliphatic hydroxyl groups excluding tert-OH is 1. The highest BCUT2D eigenvalue weighted by atomic mass is 16.3. The summed E-state index contributed by atoms with van der Waals surface area (Å²) in [5.74, 6) is -0.137. The van der Waals surface area contributed by atoms with Crippen molar-refractivity contribution in [2.75, 3.05) is 12.3 Å². The van der Waals surface area contributed by atoms with Crippen LogP contribution in [0.5, 0.6) is 0 Å². The molecule has 0 spiro atoms. The average molecular weight is 179 g/mol. The van der Waals surface area contributed by atoms with Crippen LogP contribution >= 0.6 is 0 Å². The molecule has 3 heteroatoms. The maximum absolute atomic E-state index is 10.8. The molecule has 0 aliphatic carbocycles. The van der Waals surface area contributed by atoms with E-state index in [0.29, 0.717) is 18.5 Å². The molecule has 0 aromatic heterocycles. The van der Waals surface area contributed by atoms with Crippen LogP contribution in [0.1, 0.15) is 12.0 Å². The van der Waals surface area contributed by atoms with Crippen molar-refractivity contribution in [3.05, 3.63) is 29.8 Å². The number of anilines is 1. The number of aryl methyl sites for hydroxylation is 1. The molecule has 13 heavy (non-hydrogen) atoms. The number of aliphatic hydroxyl groups is 1. The molecule has 0 saturated carbocycles. The normalized spacial score (nSPS) is 9.92. The van der Waals surface area contributed by atoms with Crippen molar-refractivity contribution in [1.29, 1.82) is 0 Å². The Hall–Kier alpha value is -1.35. The number of carbonyl (C=O) groups is 1. The highest BCUT2D eigenvalue weighted by Gasteiger charge is 2.00. The minimum Gasteiger partial charge on any atom is -0.399 e. The second-order valence-electron chi connectivity index (χ2n) is 2.94. The first-order valence-corrected chi connectivity index (χ1v) is 4.19. The first-order valence-electron chi connectivity index (χ1n) is 4.19. The molecule has 0 radical (unpaired) electrons. The van der Waals surface area contributed by atoms with E-state index < -0.39 is 0 Å². The third-order valence-corrected chi connectivity index (χ3v) is 1.82. The number of rotatable bonds is 4. The lowest BCUT2D eigenvalue weighted by Gasteiger charge is -2.00. The van der Waals surface area contributed by atoms with Gasteiger partial charge in [-0.1, -0.05) is 12.1 Å². The molecular weight excluding hydrogens is 166 g/mol. The Kier molecular flexibility index (Phi) is 3.46. The van der Waals surface area contributed by atoms with Gasteiger partial charge in [-0.15, -0.1) is 0 Å². The summed E-state index contributed by atoms with van der Waals surface area (Å²) in [4.78, 5) is 10.8. The summed E-state index contributed by atoms with van der Waals surface area (Å²) in [6.07, 6.45) is 1.02. The molecule has 0 unspecified atom stereocenters. The summed E-state index contributed by atoms with van der Waals surface area (Å²) < 4.78 is 0. The Morgan fingerprint density at radius 1 is 1.46 bits per heavy atom. The van der Waals surface area contributed by atoms with Crippen molar-refractivity contribution in [2.24, 2.45) is 0 Å². The van der Waals surface area contributed by atoms with Gasteiger partial charge < -0.3 is 10.8 Å². The molecule has 0 amide bonds. The van der Waals surface area contributed by atoms with Crippen LogP contribution in [0.15, 0.2) is 24.3 Å². The van der Waals surface area contributed by atoms with Crippen molar-refractivity contribution in [3.63, 3.8) is 0 Å². The predicted octanol–water partition coefficient (Wildman–Crippen LogP) is 0.763. The molecular formula is C10H13NO2. The minimum absolute atomic E-state index is 0.137. The van der Waals surface area contributed by atoms with Crippen LogP contribution in [0.3, 0.4) is 0 Å². The third kappa shape index (κ3) is 3.25. The fourth-order valence-electron chi connectivity index (χ4n) is 1.11. The quantitative estimate of drug-likeness (QED) is 0.671. The first kappa shape index (κ1) is 9.74. The lowest BCUT2D eigenvalue weighted by molar-refractivity contribution is -0.121. The van der Waals surface area contributed by atoms with Gasteiger partial charge in [-0.2, -0.15) is 0 Å². The van der Waals surface area contributed by atoms with E-state index in [9.17, 15) is 4.79 Å². The molecule has 0 saturated heterocycles. The highest BCUT2D eigenvalue weighted by molar-refractivity contribution is 5.79. The van der Waals surface area contributed by atoms with E-state index in [-0.39, 0.29) is 12.4 Å². The predicted molar refractivity (Wildman–Crippen MR) is 51.3 cm³/mol. The number of Topliss-reactive ketones (excluding diaryl/α,β-unsaturated/α-hetero) is 1. The summed E-state index contributed by atoms with van der Waals surface area (Å²) in [5.41, 5.74) is 7.30. The van der Waals surface area contributed by atoms with Crippen molar-refractivity contribution in [3.8, 4) is 0 Å². The van der Waals surface area contributed by atoms with Gasteiger partial charge in [-0.3, -0.25) is 4.79 Å². The summed E-state index contributed by atoms with van der Waals surface area (Å²) in [6.45, 7) is -0.373. The van der Waals surface area contributed by atoms with Crippen molar-refractivity contribution >= 4 is 11.5 Å². The number of hydrogen-bond donors (Lipinski definition) is 2. The van der Waals surface area contributed by atoms with Gasteiger partial charge in [0.05, 0.1) is 0 Å². The minimum atomic E-state index is -0.373. The monoisotopic (exact) mass is 179 g/mol. The third-order valence-electron chi connectivity index (χ3n) is 1.82. The second kappa shape index (κ2) is 4.62. The number of nitrogens with two attached hydrogens (primary N) is 1. The molecule has 0 aliphatic heterocycles. The molecule has 70 valence electrons. The van der Waals surface area contributed by atoms with Crippen molar-refractivity contribution < 1.29 is 9.90 Å². The molecule has 1 rings (SSSR count). The Labute approximate surface area is 77.2 Å². The zero-order valence-corrected chi connectivity index (χ0v) is 7.36. The SMILES string of the molecule is Nc1cccc(CCC(=O)CO)c1. The van der Waals surface area contributed by atoms with Gasteiger partial charge >= 0.3 is 0 Å². The summed E-state index contributed by atoms with van der Waals surface area (Å²) >= 11 is 0. The zero-order valence-electron chi connectivity index (χ0n) is 7.36. The summed E-state index contributed by atoms with van der Waals surface area (Å²) in [6, 6.07) is 7.41. The summed E-state index contributed by atoms with van der Waals surface area (Å²) in [7, 11) is 0. The maximum atomic E-state index is 10.8. The molecule has 0 fully saturated rings. The number of carbonyl (C=O) groups excluding carboxylic acids is 1. The number of nitrogen functional groups attached to an aromatic ring is 1. The fourth-order valence-corrected chi connectivity index (χ4v) is 1.11. The molecule has 3 nitrogen and oxygen atoms in total. The Bertz CT molecular complexity index is 297. The van der Waals surface area contributed by atoms with Crippen molar-refractivity contribution in [1.82, 2.24) is 0 Å². The number of ketones is 1. The molecule has 0 heterocycles. The van der Waals surface area contributed by atoms with E-state index in [1.807, 2.05) is 18.2 Å². The lowest BCUT2D eigenvalue weighted by atomic mass is 10.1. The Morgan fingerprint density at radius 2 is 2.23 bits per heavy atom. The van der Waals surface area contributed by atoms with E-state index in [1.54, 1.807) is 6.07 Å². The largest absolute Gasteiger partial charge is 0.399 e. The molecule has 0 atom stereocenters. The van der Waals surface area contributed by atoms with E-state index in [4.69, 9.17) is 10.8 Å². The van der Waals surface area contributed by atoms with Crippen LogP contribution in [0.2, 0.25) is 0 Å². The highest BCUT2D eigenvalue weighted by Crippen LogP contribution is 2.08. The van der Waals surface area contributed by atoms with Gasteiger partial charge in [-0.25, -0.2) is 0 Å². The van der Waals surface area contributed by atoms with Gasteiger partial charge in [0, 0.05) is 12.1 Å². The maximum Gasteiger partial charge on any atom is 0.158 e. The van der Waals surface area contributed by atoms with Crippen LogP contribution in [0.25, 0.3) is 0 Å². The fraction of sp³-hybridized carbons (Fsp3) is 0.300. The van der Waals surface area contributed by atoms with Gasteiger partial charge in [0.1, 0.15) is 6.61 Å². The van der Waals surface area contributed by atoms with E-state index in [0.717, 1.165) is 5.56 Å². The average Bonchev–Trinajstić information content (AvgIpc) is 2.14. The van der Waals surface area contributed by atoms with Crippen LogP contribution in [-0.4, -0.2) is 17.5 Å². The molecule has 3 N–H and O–H groups in total. The van der Waals surface area contributed by atoms with E-state index >= 15 is 0 Å². The Balaban J connectivity index is 2.50. The van der Waals surface area contributed by atoms with Crippen LogP contribution in [-0.2, 0) is 11.2 Å². The standard InChI is InChI=1S/C10H13NO2/c11-9-3-1-2-8(6-9)4-5-10(13)7-12/h1-3,6,12H,4-5,7,11H2. The molecule has 0 aliphatic rings. The molecule has 1 aromatic carbocycles. The smallest absolute Gasteiger partial charge is 0.158 e. The van der Waals surface area contributed by atoms with Crippen LogP contribution in [0.4, 0.5) is 5.69 Å². The molecule has 1 aromatic rings. The Morgan fingerprint density at radius 3 is 2.85 bits per heavy atom. The molecule has 0 bridgehead atoms. The topological polar surface area (TPSA) is 63.3 Å². The van der Waals surface area contributed by atoms with Crippen molar-refractivity contribution in [2.45, 2.75) is 12.8 Å². The second-order valence-corrected chi connectivity index (χ2v) is 2.94. The van der Waals surface area contributed by atoms with Crippen LogP contribution < -0.4 is 5.73 Å². The van der Waals surface area contributed by atoms with Crippen LogP contribution in [0, 0.1) is 0 Å². The van der Waals surface area contributed by atoms with Gasteiger partial charge in [0.15, 0.2) is 5.78 Å². The zero-order chi connectivity index (χ0) is 9.68. The van der Waals surface area contributed by atoms with E-state index in [1.165, 1.54) is 0 Å². The van der Waals surface area contributed by atoms with E-state index in [2.05, 4.69) is 0 Å². The number of hydrogen-bond acceptors (Lipinski definition) is 3. The first-order chi connectivity index (χ1) is 6.22. The van der Waals surface area contributed by atoms with Gasteiger partial charge in [0.25, 0.3) is 0 Å².